The number of nitrogens with two attached hydrogens (primary N) is 1. The lowest BCUT2D eigenvalue weighted by atomic mass is 9.75. The molecule has 1 saturated carbocycles. The van der Waals surface area contributed by atoms with E-state index in [1.807, 2.05) is 37.8 Å². The first-order valence-electron chi connectivity index (χ1n) is 11.9. The summed E-state index contributed by atoms with van der Waals surface area (Å²) in [5.74, 6) is 0.104. The second-order valence-electron chi connectivity index (χ2n) is 9.35. The molecule has 1 aliphatic rings. The van der Waals surface area contributed by atoms with Gasteiger partial charge >= 0.3 is 0 Å². The topological polar surface area (TPSA) is 121 Å². The molecule has 3 heterocycles. The molecule has 180 valence electrons. The molecular weight excluding hydrogens is 430 g/mol. The molecule has 3 aromatic rings. The maximum atomic E-state index is 13.6. The van der Waals surface area contributed by atoms with E-state index in [1.54, 1.807) is 23.0 Å². The number of aryl methyl sites for hydroxylation is 3. The average molecular weight is 464 g/mol. The Bertz CT molecular complexity index is 1150. The van der Waals surface area contributed by atoms with Crippen LogP contribution in [0.15, 0.2) is 30.6 Å². The quantitative estimate of drug-likeness (QED) is 0.554. The lowest BCUT2D eigenvalue weighted by Crippen LogP contribution is -2.30. The van der Waals surface area contributed by atoms with Gasteiger partial charge in [0, 0.05) is 25.4 Å². The first-order valence-corrected chi connectivity index (χ1v) is 11.9. The molecule has 9 nitrogen and oxygen atoms in total. The summed E-state index contributed by atoms with van der Waals surface area (Å²) >= 11 is 0. The zero-order chi connectivity index (χ0) is 24.4. The Balaban J connectivity index is 1.60. The highest BCUT2D eigenvalue weighted by Crippen LogP contribution is 2.38. The van der Waals surface area contributed by atoms with E-state index in [9.17, 15) is 9.59 Å². The van der Waals surface area contributed by atoms with Crippen molar-refractivity contribution in [2.45, 2.75) is 58.9 Å². The van der Waals surface area contributed by atoms with Crippen LogP contribution in [0.3, 0.4) is 0 Å². The molecule has 2 amide bonds. The van der Waals surface area contributed by atoms with Gasteiger partial charge in [-0.15, -0.1) is 0 Å². The summed E-state index contributed by atoms with van der Waals surface area (Å²) in [5, 5.41) is 11.9. The third-order valence-electron chi connectivity index (χ3n) is 6.89. The molecule has 0 bridgehead atoms. The molecule has 4 rings (SSSR count). The minimum Gasteiger partial charge on any atom is -0.364 e. The summed E-state index contributed by atoms with van der Waals surface area (Å²) in [6.45, 7) is 6.65. The number of nitrogens with one attached hydrogen (secondary N) is 1. The highest BCUT2D eigenvalue weighted by atomic mass is 16.2. The molecule has 3 N–H and O–H groups in total. The Labute approximate surface area is 199 Å². The van der Waals surface area contributed by atoms with Crippen LogP contribution in [-0.4, -0.2) is 36.4 Å². The zero-order valence-electron chi connectivity index (χ0n) is 20.3. The van der Waals surface area contributed by atoms with E-state index in [2.05, 4.69) is 27.4 Å². The Kier molecular flexibility index (Phi) is 6.81. The summed E-state index contributed by atoms with van der Waals surface area (Å²) in [6, 6.07) is 5.41. The minimum atomic E-state index is -0.542. The van der Waals surface area contributed by atoms with E-state index in [4.69, 9.17) is 5.73 Å². The molecule has 1 atom stereocenters. The smallest absolute Gasteiger partial charge is 0.266 e. The van der Waals surface area contributed by atoms with Crippen molar-refractivity contribution < 1.29 is 9.59 Å². The van der Waals surface area contributed by atoms with Crippen molar-refractivity contribution in [3.05, 3.63) is 47.5 Å². The summed E-state index contributed by atoms with van der Waals surface area (Å²) in [6.07, 6.45) is 7.59. The van der Waals surface area contributed by atoms with Gasteiger partial charge in [0.15, 0.2) is 0 Å². The summed E-state index contributed by atoms with van der Waals surface area (Å²) in [5.41, 5.74) is 9.46. The SMILES string of the molecule is CCn1nc(C(C(=O)Nc2ccc(-c3c(C)cnn3C)cn2)C2CCC(C)CC2)cc1C(N)=O. The van der Waals surface area contributed by atoms with E-state index in [-0.39, 0.29) is 11.8 Å². The Morgan fingerprint density at radius 1 is 1.21 bits per heavy atom. The lowest BCUT2D eigenvalue weighted by Gasteiger charge is -2.31. The molecule has 1 unspecified atom stereocenters. The largest absolute Gasteiger partial charge is 0.364 e. The predicted octanol–water partition coefficient (Wildman–Crippen LogP) is 3.65. The first kappa shape index (κ1) is 23.7. The third kappa shape index (κ3) is 4.73. The fourth-order valence-electron chi connectivity index (χ4n) is 5.01. The number of carbonyl (C=O) groups excluding carboxylic acids is 2. The van der Waals surface area contributed by atoms with Gasteiger partial charge in [0.25, 0.3) is 5.91 Å². The molecule has 0 radical (unpaired) electrons. The molecule has 0 spiro atoms. The van der Waals surface area contributed by atoms with Crippen molar-refractivity contribution in [3.8, 4) is 11.3 Å². The zero-order valence-corrected chi connectivity index (χ0v) is 20.3. The van der Waals surface area contributed by atoms with Crippen LogP contribution in [-0.2, 0) is 18.4 Å². The van der Waals surface area contributed by atoms with Gasteiger partial charge in [-0.3, -0.25) is 19.0 Å². The van der Waals surface area contributed by atoms with Gasteiger partial charge in [-0.2, -0.15) is 10.2 Å². The standard InChI is InChI=1S/C25H33N7O2/c1-5-32-20(24(26)33)12-19(30-32)22(17-8-6-15(2)7-9-17)25(34)29-21-11-10-18(14-27-21)23-16(3)13-28-31(23)4/h10-15,17,22H,5-9H2,1-4H3,(H2,26,33)(H,27,29,34). The maximum absolute atomic E-state index is 13.6. The summed E-state index contributed by atoms with van der Waals surface area (Å²) < 4.78 is 3.39. The van der Waals surface area contributed by atoms with Crippen molar-refractivity contribution in [2.24, 2.45) is 24.6 Å². The monoisotopic (exact) mass is 463 g/mol. The highest BCUT2D eigenvalue weighted by Gasteiger charge is 2.35. The molecule has 9 heteroatoms. The molecule has 1 aliphatic carbocycles. The minimum absolute atomic E-state index is 0.147. The number of carbonyl (C=O) groups is 2. The van der Waals surface area contributed by atoms with Gasteiger partial charge in [-0.1, -0.05) is 19.8 Å². The number of nitrogens with zero attached hydrogens (tertiary/aromatic N) is 5. The number of amides is 2. The predicted molar refractivity (Wildman–Crippen MR) is 130 cm³/mol. The lowest BCUT2D eigenvalue weighted by molar-refractivity contribution is -0.119. The van der Waals surface area contributed by atoms with Crippen molar-refractivity contribution in [2.75, 3.05) is 5.32 Å². The Hall–Kier alpha value is -3.49. The number of primary amides is 1. The molecule has 34 heavy (non-hydrogen) atoms. The molecule has 0 aromatic carbocycles. The van der Waals surface area contributed by atoms with E-state index in [1.165, 1.54) is 0 Å². The fourth-order valence-corrected chi connectivity index (χ4v) is 5.01. The average Bonchev–Trinajstić information content (AvgIpc) is 3.39. The van der Waals surface area contributed by atoms with Gasteiger partial charge in [-0.05, 0) is 62.3 Å². The second kappa shape index (κ2) is 9.79. The number of rotatable bonds is 7. The van der Waals surface area contributed by atoms with Crippen molar-refractivity contribution in [1.29, 1.82) is 0 Å². The van der Waals surface area contributed by atoms with Crippen LogP contribution < -0.4 is 11.1 Å². The van der Waals surface area contributed by atoms with Gasteiger partial charge in [0.05, 0.1) is 23.5 Å². The van der Waals surface area contributed by atoms with Crippen LogP contribution in [0.2, 0.25) is 0 Å². The Morgan fingerprint density at radius 2 is 1.94 bits per heavy atom. The molecule has 3 aromatic heterocycles. The summed E-state index contributed by atoms with van der Waals surface area (Å²) in [7, 11) is 1.89. The van der Waals surface area contributed by atoms with Gasteiger partial charge in [0.1, 0.15) is 11.5 Å². The van der Waals surface area contributed by atoms with Crippen molar-refractivity contribution in [1.82, 2.24) is 24.5 Å². The van der Waals surface area contributed by atoms with Crippen LogP contribution in [0.25, 0.3) is 11.3 Å². The number of aromatic nitrogens is 5. The summed E-state index contributed by atoms with van der Waals surface area (Å²) in [4.78, 5) is 30.0. The third-order valence-corrected chi connectivity index (χ3v) is 6.89. The Morgan fingerprint density at radius 3 is 2.47 bits per heavy atom. The highest BCUT2D eigenvalue weighted by molar-refractivity contribution is 5.96. The second-order valence-corrected chi connectivity index (χ2v) is 9.35. The normalized spacial score (nSPS) is 19.1. The molecule has 0 saturated heterocycles. The van der Waals surface area contributed by atoms with E-state index < -0.39 is 11.8 Å². The van der Waals surface area contributed by atoms with Crippen LogP contribution in [0, 0.1) is 18.8 Å². The first-order chi connectivity index (χ1) is 16.3. The number of hydrogen-bond donors (Lipinski definition) is 2. The van der Waals surface area contributed by atoms with Crippen molar-refractivity contribution >= 4 is 17.6 Å². The maximum Gasteiger partial charge on any atom is 0.266 e. The van der Waals surface area contributed by atoms with Crippen molar-refractivity contribution in [3.63, 3.8) is 0 Å². The molecular formula is C25H33N7O2. The number of anilines is 1. The van der Waals surface area contributed by atoms with E-state index in [0.29, 0.717) is 29.7 Å². The number of pyridine rings is 1. The van der Waals surface area contributed by atoms with E-state index >= 15 is 0 Å². The number of hydrogen-bond acceptors (Lipinski definition) is 5. The molecule has 1 fully saturated rings. The van der Waals surface area contributed by atoms with Crippen LogP contribution in [0.5, 0.6) is 0 Å². The van der Waals surface area contributed by atoms with Crippen LogP contribution in [0.4, 0.5) is 5.82 Å². The van der Waals surface area contributed by atoms with Crippen LogP contribution in [0.1, 0.15) is 67.2 Å². The van der Waals surface area contributed by atoms with E-state index in [0.717, 1.165) is 42.5 Å². The van der Waals surface area contributed by atoms with Crippen LogP contribution >= 0.6 is 0 Å². The van der Waals surface area contributed by atoms with Gasteiger partial charge in [0.2, 0.25) is 5.91 Å². The molecule has 0 aliphatic heterocycles. The fraction of sp³-hybridized carbons (Fsp3) is 0.480. The van der Waals surface area contributed by atoms with Gasteiger partial charge < -0.3 is 11.1 Å². The van der Waals surface area contributed by atoms with Gasteiger partial charge in [-0.25, -0.2) is 4.98 Å².